The van der Waals surface area contributed by atoms with Gasteiger partial charge in [-0.1, -0.05) is 19.1 Å². The second kappa shape index (κ2) is 6.71. The third-order valence-electron chi connectivity index (χ3n) is 3.42. The highest BCUT2D eigenvalue weighted by atomic mass is 16.2. The molecule has 0 heterocycles. The standard InChI is InChI=1S/C16H24N2O/c1-3-9-18(11-14-7-8-14)12-16(19)17-15-6-4-5-13(2)10-15/h4-6,10,14H,3,7-9,11-12H2,1-2H3,(H,17,19). The van der Waals surface area contributed by atoms with Crippen LogP contribution in [-0.2, 0) is 4.79 Å². The van der Waals surface area contributed by atoms with Crippen LogP contribution in [0.4, 0.5) is 5.69 Å². The quantitative estimate of drug-likeness (QED) is 0.817. The SMILES string of the molecule is CCCN(CC(=O)Nc1cccc(C)c1)CC1CC1. The van der Waals surface area contributed by atoms with E-state index < -0.39 is 0 Å². The van der Waals surface area contributed by atoms with Crippen molar-refractivity contribution in [3.05, 3.63) is 29.8 Å². The number of carbonyl (C=O) groups excluding carboxylic acids is 1. The van der Waals surface area contributed by atoms with Crippen molar-refractivity contribution < 1.29 is 4.79 Å². The van der Waals surface area contributed by atoms with Crippen LogP contribution in [0.2, 0.25) is 0 Å². The molecule has 2 rings (SSSR count). The molecule has 1 aliphatic carbocycles. The molecular weight excluding hydrogens is 236 g/mol. The van der Waals surface area contributed by atoms with E-state index in [9.17, 15) is 4.79 Å². The Kier molecular flexibility index (Phi) is 4.97. The van der Waals surface area contributed by atoms with Crippen LogP contribution in [0.1, 0.15) is 31.7 Å². The Morgan fingerprint density at radius 1 is 1.42 bits per heavy atom. The van der Waals surface area contributed by atoms with Crippen molar-refractivity contribution in [2.75, 3.05) is 25.0 Å². The number of amides is 1. The Morgan fingerprint density at radius 2 is 2.21 bits per heavy atom. The predicted molar refractivity (Wildman–Crippen MR) is 79.3 cm³/mol. The van der Waals surface area contributed by atoms with Gasteiger partial charge in [0.05, 0.1) is 6.54 Å². The van der Waals surface area contributed by atoms with Gasteiger partial charge >= 0.3 is 0 Å². The number of hydrogen-bond acceptors (Lipinski definition) is 2. The molecule has 1 saturated carbocycles. The average molecular weight is 260 g/mol. The van der Waals surface area contributed by atoms with Crippen molar-refractivity contribution in [1.29, 1.82) is 0 Å². The van der Waals surface area contributed by atoms with Crippen molar-refractivity contribution in [3.8, 4) is 0 Å². The number of nitrogens with one attached hydrogen (secondary N) is 1. The van der Waals surface area contributed by atoms with E-state index >= 15 is 0 Å². The topological polar surface area (TPSA) is 32.3 Å². The fraction of sp³-hybridized carbons (Fsp3) is 0.562. The van der Waals surface area contributed by atoms with E-state index in [2.05, 4.69) is 17.1 Å². The van der Waals surface area contributed by atoms with E-state index in [1.807, 2.05) is 31.2 Å². The van der Waals surface area contributed by atoms with Crippen LogP contribution in [0.25, 0.3) is 0 Å². The molecule has 1 aromatic carbocycles. The molecule has 0 atom stereocenters. The van der Waals surface area contributed by atoms with Gasteiger partial charge in [-0.05, 0) is 56.3 Å². The second-order valence-electron chi connectivity index (χ2n) is 5.60. The van der Waals surface area contributed by atoms with Gasteiger partial charge in [-0.2, -0.15) is 0 Å². The molecule has 104 valence electrons. The Labute approximate surface area is 116 Å². The lowest BCUT2D eigenvalue weighted by molar-refractivity contribution is -0.117. The first-order chi connectivity index (χ1) is 9.17. The minimum atomic E-state index is 0.0969. The highest BCUT2D eigenvalue weighted by molar-refractivity contribution is 5.92. The van der Waals surface area contributed by atoms with Gasteiger partial charge < -0.3 is 5.32 Å². The molecule has 1 amide bonds. The molecule has 1 fully saturated rings. The zero-order chi connectivity index (χ0) is 13.7. The van der Waals surface area contributed by atoms with Crippen molar-refractivity contribution in [3.63, 3.8) is 0 Å². The predicted octanol–water partition coefficient (Wildman–Crippen LogP) is 3.06. The van der Waals surface area contributed by atoms with E-state index in [1.54, 1.807) is 0 Å². The normalized spacial score (nSPS) is 14.7. The number of anilines is 1. The first kappa shape index (κ1) is 14.1. The average Bonchev–Trinajstić information content (AvgIpc) is 3.13. The monoisotopic (exact) mass is 260 g/mol. The van der Waals surface area contributed by atoms with E-state index in [-0.39, 0.29) is 5.91 Å². The first-order valence-corrected chi connectivity index (χ1v) is 7.26. The van der Waals surface area contributed by atoms with Crippen LogP contribution in [0.15, 0.2) is 24.3 Å². The highest BCUT2D eigenvalue weighted by Crippen LogP contribution is 2.29. The molecule has 3 heteroatoms. The number of benzene rings is 1. The second-order valence-corrected chi connectivity index (χ2v) is 5.60. The van der Waals surface area contributed by atoms with Crippen molar-refractivity contribution >= 4 is 11.6 Å². The Morgan fingerprint density at radius 3 is 2.84 bits per heavy atom. The molecule has 0 radical (unpaired) electrons. The third-order valence-corrected chi connectivity index (χ3v) is 3.42. The van der Waals surface area contributed by atoms with Gasteiger partial charge in [-0.3, -0.25) is 9.69 Å². The molecule has 0 saturated heterocycles. The Bertz CT molecular complexity index is 427. The van der Waals surface area contributed by atoms with Gasteiger partial charge in [0.15, 0.2) is 0 Å². The molecular formula is C16H24N2O. The van der Waals surface area contributed by atoms with Crippen molar-refractivity contribution in [2.45, 2.75) is 33.1 Å². The zero-order valence-electron chi connectivity index (χ0n) is 12.0. The van der Waals surface area contributed by atoms with Crippen LogP contribution >= 0.6 is 0 Å². The van der Waals surface area contributed by atoms with Gasteiger partial charge in [-0.25, -0.2) is 0 Å². The lowest BCUT2D eigenvalue weighted by atomic mass is 10.2. The number of nitrogens with zero attached hydrogens (tertiary/aromatic N) is 1. The van der Waals surface area contributed by atoms with E-state index in [1.165, 1.54) is 18.4 Å². The Hall–Kier alpha value is -1.35. The minimum absolute atomic E-state index is 0.0969. The number of carbonyl (C=O) groups is 1. The van der Waals surface area contributed by atoms with Crippen molar-refractivity contribution in [2.24, 2.45) is 5.92 Å². The van der Waals surface area contributed by atoms with Gasteiger partial charge in [0.25, 0.3) is 0 Å². The zero-order valence-corrected chi connectivity index (χ0v) is 12.0. The molecule has 0 spiro atoms. The summed E-state index contributed by atoms with van der Waals surface area (Å²) >= 11 is 0. The summed E-state index contributed by atoms with van der Waals surface area (Å²) in [7, 11) is 0. The van der Waals surface area contributed by atoms with Gasteiger partial charge in [-0.15, -0.1) is 0 Å². The maximum absolute atomic E-state index is 12.1. The van der Waals surface area contributed by atoms with E-state index in [0.717, 1.165) is 31.1 Å². The number of aryl methyl sites for hydroxylation is 1. The Balaban J connectivity index is 1.84. The molecule has 0 aromatic heterocycles. The summed E-state index contributed by atoms with van der Waals surface area (Å²) in [5.74, 6) is 0.929. The molecule has 0 aliphatic heterocycles. The van der Waals surface area contributed by atoms with Gasteiger partial charge in [0.1, 0.15) is 0 Å². The lowest BCUT2D eigenvalue weighted by Crippen LogP contribution is -2.35. The van der Waals surface area contributed by atoms with E-state index in [0.29, 0.717) is 6.54 Å². The fourth-order valence-electron chi connectivity index (χ4n) is 2.34. The number of hydrogen-bond donors (Lipinski definition) is 1. The summed E-state index contributed by atoms with van der Waals surface area (Å²) in [5.41, 5.74) is 2.06. The van der Waals surface area contributed by atoms with Crippen LogP contribution in [0.3, 0.4) is 0 Å². The summed E-state index contributed by atoms with van der Waals surface area (Å²) < 4.78 is 0. The smallest absolute Gasteiger partial charge is 0.238 e. The van der Waals surface area contributed by atoms with Crippen LogP contribution in [0, 0.1) is 12.8 Å². The lowest BCUT2D eigenvalue weighted by Gasteiger charge is -2.20. The van der Waals surface area contributed by atoms with Crippen LogP contribution in [0.5, 0.6) is 0 Å². The summed E-state index contributed by atoms with van der Waals surface area (Å²) in [5, 5.41) is 2.98. The molecule has 1 N–H and O–H groups in total. The summed E-state index contributed by atoms with van der Waals surface area (Å²) in [4.78, 5) is 14.3. The molecule has 3 nitrogen and oxygen atoms in total. The third kappa shape index (κ3) is 5.03. The summed E-state index contributed by atoms with van der Waals surface area (Å²) in [6, 6.07) is 7.95. The highest BCUT2D eigenvalue weighted by Gasteiger charge is 2.24. The van der Waals surface area contributed by atoms with Gasteiger partial charge in [0, 0.05) is 12.2 Å². The number of rotatable bonds is 7. The van der Waals surface area contributed by atoms with Crippen LogP contribution < -0.4 is 5.32 Å². The molecule has 1 aromatic rings. The largest absolute Gasteiger partial charge is 0.325 e. The maximum atomic E-state index is 12.1. The van der Waals surface area contributed by atoms with E-state index in [4.69, 9.17) is 0 Å². The maximum Gasteiger partial charge on any atom is 0.238 e. The summed E-state index contributed by atoms with van der Waals surface area (Å²) in [6.45, 7) is 6.80. The first-order valence-electron chi connectivity index (χ1n) is 7.26. The van der Waals surface area contributed by atoms with Crippen molar-refractivity contribution in [1.82, 2.24) is 4.90 Å². The molecule has 0 bridgehead atoms. The van der Waals surface area contributed by atoms with Gasteiger partial charge in [0.2, 0.25) is 5.91 Å². The fourth-order valence-corrected chi connectivity index (χ4v) is 2.34. The molecule has 19 heavy (non-hydrogen) atoms. The van der Waals surface area contributed by atoms with Crippen LogP contribution in [-0.4, -0.2) is 30.4 Å². The molecule has 1 aliphatic rings. The summed E-state index contributed by atoms with van der Waals surface area (Å²) in [6.07, 6.45) is 3.77. The molecule has 0 unspecified atom stereocenters. The minimum Gasteiger partial charge on any atom is -0.325 e.